The summed E-state index contributed by atoms with van der Waals surface area (Å²) in [5, 5.41) is 39.3. The normalized spacial score (nSPS) is 10.8. The van der Waals surface area contributed by atoms with Gasteiger partial charge in [0.25, 0.3) is 0 Å². The van der Waals surface area contributed by atoms with Crippen molar-refractivity contribution < 1.29 is 15.3 Å². The van der Waals surface area contributed by atoms with E-state index in [1.54, 1.807) is 36.4 Å². The summed E-state index contributed by atoms with van der Waals surface area (Å²) in [5.74, 6) is 0.795. The van der Waals surface area contributed by atoms with Gasteiger partial charge >= 0.3 is 0 Å². The molecule has 0 amide bonds. The molecule has 0 saturated carbocycles. The zero-order valence-corrected chi connectivity index (χ0v) is 26.9. The summed E-state index contributed by atoms with van der Waals surface area (Å²) in [6.45, 7) is 0. The van der Waals surface area contributed by atoms with E-state index in [4.69, 9.17) is 0 Å². The molecule has 0 radical (unpaired) electrons. The van der Waals surface area contributed by atoms with Crippen LogP contribution in [0.2, 0.25) is 0 Å². The number of aromatic nitrogens is 3. The van der Waals surface area contributed by atoms with Crippen LogP contribution in [-0.2, 0) is 0 Å². The van der Waals surface area contributed by atoms with Gasteiger partial charge in [0.2, 0.25) is 17.8 Å². The van der Waals surface area contributed by atoms with E-state index in [0.29, 0.717) is 43.9 Å². The van der Waals surface area contributed by atoms with E-state index in [-0.39, 0.29) is 35.1 Å². The smallest absolute Gasteiger partial charge is 0.233 e. The number of anilines is 6. The summed E-state index contributed by atoms with van der Waals surface area (Å²) in [6, 6.07) is 10.0. The predicted octanol–water partition coefficient (Wildman–Crippen LogP) is 8.79. The number of aromatic hydroxyl groups is 3. The molecule has 186 valence electrons. The van der Waals surface area contributed by atoms with Gasteiger partial charge in [-0.1, -0.05) is 0 Å². The molecule has 36 heavy (non-hydrogen) atoms. The van der Waals surface area contributed by atoms with Crippen molar-refractivity contribution in [2.45, 2.75) is 0 Å². The summed E-state index contributed by atoms with van der Waals surface area (Å²) in [4.78, 5) is 13.3. The van der Waals surface area contributed by atoms with E-state index >= 15 is 0 Å². The van der Waals surface area contributed by atoms with Crippen LogP contribution < -0.4 is 16.0 Å². The first-order chi connectivity index (χ1) is 17.0. The molecule has 4 aromatic rings. The molecule has 0 bridgehead atoms. The number of hydrogen-bond acceptors (Lipinski definition) is 9. The Bertz CT molecular complexity index is 1230. The molecule has 15 heteroatoms. The molecule has 1 heterocycles. The lowest BCUT2D eigenvalue weighted by Gasteiger charge is -2.13. The van der Waals surface area contributed by atoms with Crippen molar-refractivity contribution in [2.24, 2.45) is 0 Å². The topological polar surface area (TPSA) is 135 Å². The average Bonchev–Trinajstić information content (AvgIpc) is 2.79. The van der Waals surface area contributed by atoms with Crippen molar-refractivity contribution >= 4 is 130 Å². The number of benzene rings is 3. The maximum Gasteiger partial charge on any atom is 0.233 e. The summed E-state index contributed by atoms with van der Waals surface area (Å²) in [5.41, 5.74) is 1.79. The molecule has 0 aliphatic heterocycles. The molecule has 3 aromatic carbocycles. The van der Waals surface area contributed by atoms with E-state index in [1.807, 2.05) is 0 Å². The fourth-order valence-electron chi connectivity index (χ4n) is 2.84. The van der Waals surface area contributed by atoms with E-state index < -0.39 is 0 Å². The minimum atomic E-state index is 0.0628. The molecule has 1 aromatic heterocycles. The first kappa shape index (κ1) is 27.4. The maximum absolute atomic E-state index is 10.0. The van der Waals surface area contributed by atoms with Crippen molar-refractivity contribution in [3.05, 3.63) is 63.2 Å². The molecular weight excluding hydrogens is 864 g/mol. The fraction of sp³-hybridized carbons (Fsp3) is 0. The maximum atomic E-state index is 10.0. The van der Waals surface area contributed by atoms with Crippen LogP contribution in [0.15, 0.2) is 63.2 Å². The van der Waals surface area contributed by atoms with Crippen molar-refractivity contribution in [1.29, 1.82) is 0 Å². The Balaban J connectivity index is 1.73. The van der Waals surface area contributed by atoms with E-state index in [2.05, 4.69) is 126 Å². The van der Waals surface area contributed by atoms with E-state index in [1.165, 1.54) is 0 Å². The summed E-state index contributed by atoms with van der Waals surface area (Å²) in [7, 11) is 0. The lowest BCUT2D eigenvalue weighted by Crippen LogP contribution is -2.07. The van der Waals surface area contributed by atoms with Crippen molar-refractivity contribution in [3.8, 4) is 17.2 Å². The molecule has 0 spiro atoms. The predicted molar refractivity (Wildman–Crippen MR) is 160 cm³/mol. The van der Waals surface area contributed by atoms with Gasteiger partial charge in [-0.15, -0.1) is 0 Å². The van der Waals surface area contributed by atoms with Gasteiger partial charge in [-0.25, -0.2) is 0 Å². The zero-order valence-electron chi connectivity index (χ0n) is 17.4. The second kappa shape index (κ2) is 11.4. The summed E-state index contributed by atoms with van der Waals surface area (Å²) in [6.07, 6.45) is 0. The molecule has 0 atom stereocenters. The second-order valence-corrected chi connectivity index (χ2v) is 12.2. The van der Waals surface area contributed by atoms with Gasteiger partial charge in [0, 0.05) is 17.1 Å². The Morgan fingerprint density at radius 2 is 0.611 bits per heavy atom. The van der Waals surface area contributed by atoms with Crippen LogP contribution in [0.5, 0.6) is 17.2 Å². The largest absolute Gasteiger partial charge is 0.506 e. The quantitative estimate of drug-likeness (QED) is 0.105. The third-order valence-electron chi connectivity index (χ3n) is 4.45. The first-order valence-electron chi connectivity index (χ1n) is 9.61. The third-order valence-corrected chi connectivity index (χ3v) is 8.08. The lowest BCUT2D eigenvalue weighted by atomic mass is 10.3. The number of nitrogens with zero attached hydrogens (tertiary/aromatic N) is 3. The van der Waals surface area contributed by atoms with Crippen LogP contribution in [0.3, 0.4) is 0 Å². The Morgan fingerprint density at radius 1 is 0.417 bits per heavy atom. The molecule has 0 aliphatic carbocycles. The number of rotatable bonds is 6. The van der Waals surface area contributed by atoms with Crippen LogP contribution in [0, 0.1) is 0 Å². The van der Waals surface area contributed by atoms with Crippen LogP contribution >= 0.6 is 95.6 Å². The summed E-state index contributed by atoms with van der Waals surface area (Å²) < 4.78 is 2.85. The van der Waals surface area contributed by atoms with Crippen LogP contribution in [0.1, 0.15) is 0 Å². The van der Waals surface area contributed by atoms with Crippen LogP contribution in [-0.4, -0.2) is 30.3 Å². The van der Waals surface area contributed by atoms with Gasteiger partial charge in [0.1, 0.15) is 17.2 Å². The zero-order chi connectivity index (χ0) is 26.1. The van der Waals surface area contributed by atoms with Crippen molar-refractivity contribution in [2.75, 3.05) is 16.0 Å². The Labute approximate surface area is 254 Å². The highest BCUT2D eigenvalue weighted by atomic mass is 79.9. The molecule has 9 nitrogen and oxygen atoms in total. The van der Waals surface area contributed by atoms with Gasteiger partial charge in [0.15, 0.2) is 0 Å². The molecule has 4 rings (SSSR count). The fourth-order valence-corrected chi connectivity index (χ4v) is 6.40. The minimum Gasteiger partial charge on any atom is -0.506 e. The molecular formula is C21H12Br6N6O3. The minimum absolute atomic E-state index is 0.0628. The van der Waals surface area contributed by atoms with Gasteiger partial charge in [-0.3, -0.25) is 0 Å². The van der Waals surface area contributed by atoms with Crippen LogP contribution in [0.25, 0.3) is 0 Å². The molecule has 0 saturated heterocycles. The Morgan fingerprint density at radius 3 is 0.806 bits per heavy atom. The highest BCUT2D eigenvalue weighted by Crippen LogP contribution is 2.38. The van der Waals surface area contributed by atoms with Crippen LogP contribution in [0.4, 0.5) is 34.9 Å². The third kappa shape index (κ3) is 6.42. The first-order valence-corrected chi connectivity index (χ1v) is 14.4. The highest BCUT2D eigenvalue weighted by molar-refractivity contribution is 9.11. The number of hydrogen-bond donors (Lipinski definition) is 6. The molecule has 0 fully saturated rings. The number of halogens is 6. The molecule has 0 aliphatic rings. The number of phenolic OH excluding ortho intramolecular Hbond substituents is 3. The van der Waals surface area contributed by atoms with Gasteiger partial charge in [-0.2, -0.15) is 15.0 Å². The highest BCUT2D eigenvalue weighted by Gasteiger charge is 2.14. The SMILES string of the molecule is Oc1c(Br)cc(Nc2nc(Nc3cc(Br)c(O)c(Br)c3)nc(Nc3cc(Br)c(O)c(Br)c3)n2)cc1Br. The average molecular weight is 876 g/mol. The van der Waals surface area contributed by atoms with Gasteiger partial charge in [0.05, 0.1) is 26.8 Å². The monoisotopic (exact) mass is 870 g/mol. The Kier molecular flexibility index (Phi) is 8.67. The Hall–Kier alpha value is -1.65. The number of nitrogens with one attached hydrogen (secondary N) is 3. The summed E-state index contributed by atoms with van der Waals surface area (Å²) >= 11 is 19.9. The second-order valence-electron chi connectivity index (χ2n) is 7.05. The lowest BCUT2D eigenvalue weighted by molar-refractivity contribution is 0.468. The van der Waals surface area contributed by atoms with E-state index in [0.717, 1.165) is 0 Å². The van der Waals surface area contributed by atoms with Crippen molar-refractivity contribution in [3.63, 3.8) is 0 Å². The number of phenols is 3. The van der Waals surface area contributed by atoms with E-state index in [9.17, 15) is 15.3 Å². The molecule has 6 N–H and O–H groups in total. The standard InChI is InChI=1S/C21H12Br6N6O3/c22-10-1-7(2-11(23)16(10)34)28-19-31-20(29-8-3-12(24)17(35)13(25)4-8)33-21(32-19)30-9-5-14(26)18(36)15(27)6-9/h1-6,34-36H,(H3,28,29,30,31,32,33). The van der Waals surface area contributed by atoms with Gasteiger partial charge < -0.3 is 31.3 Å². The van der Waals surface area contributed by atoms with Crippen molar-refractivity contribution in [1.82, 2.24) is 15.0 Å². The molecule has 0 unspecified atom stereocenters. The van der Waals surface area contributed by atoms with Gasteiger partial charge in [-0.05, 0) is 132 Å².